The first-order chi connectivity index (χ1) is 12.0. The van der Waals surface area contributed by atoms with Crippen LogP contribution in [0, 0.1) is 12.7 Å². The second-order valence-corrected chi connectivity index (χ2v) is 5.88. The average Bonchev–Trinajstić information content (AvgIpc) is 2.56. The van der Waals surface area contributed by atoms with Gasteiger partial charge >= 0.3 is 0 Å². The van der Waals surface area contributed by atoms with Crippen molar-refractivity contribution in [3.05, 3.63) is 82.8 Å². The molecule has 1 amide bonds. The molecule has 2 N–H and O–H groups in total. The summed E-state index contributed by atoms with van der Waals surface area (Å²) in [7, 11) is 0. The number of nitrogens with one attached hydrogen (secondary N) is 2. The van der Waals surface area contributed by atoms with Crippen molar-refractivity contribution < 1.29 is 9.18 Å². The highest BCUT2D eigenvalue weighted by Crippen LogP contribution is 2.21. The molecule has 1 aromatic heterocycles. The van der Waals surface area contributed by atoms with Crippen LogP contribution in [0.2, 0.25) is 5.02 Å². The average molecular weight is 356 g/mol. The number of pyridine rings is 1. The summed E-state index contributed by atoms with van der Waals surface area (Å²) >= 11 is 5.89. The summed E-state index contributed by atoms with van der Waals surface area (Å²) in [6, 6.07) is 15.4. The molecular formula is C19H15ClFN3O. The number of benzene rings is 2. The Kier molecular flexibility index (Phi) is 4.95. The van der Waals surface area contributed by atoms with Crippen LogP contribution in [0.5, 0.6) is 0 Å². The van der Waals surface area contributed by atoms with Gasteiger partial charge < -0.3 is 10.6 Å². The molecule has 0 aliphatic carbocycles. The first-order valence-corrected chi connectivity index (χ1v) is 7.96. The smallest absolute Gasteiger partial charge is 0.261 e. The van der Waals surface area contributed by atoms with E-state index in [4.69, 9.17) is 11.6 Å². The molecule has 4 nitrogen and oxygen atoms in total. The van der Waals surface area contributed by atoms with Gasteiger partial charge in [-0.2, -0.15) is 0 Å². The van der Waals surface area contributed by atoms with Gasteiger partial charge in [-0.05, 0) is 48.9 Å². The summed E-state index contributed by atoms with van der Waals surface area (Å²) in [5.74, 6) is -1.02. The molecule has 0 unspecified atom stereocenters. The highest BCUT2D eigenvalue weighted by molar-refractivity contribution is 6.34. The van der Waals surface area contributed by atoms with E-state index in [9.17, 15) is 9.18 Å². The van der Waals surface area contributed by atoms with Crippen molar-refractivity contribution in [3.63, 3.8) is 0 Å². The molecule has 0 radical (unpaired) electrons. The molecular weight excluding hydrogens is 341 g/mol. The Balaban J connectivity index is 1.71. The van der Waals surface area contributed by atoms with Gasteiger partial charge in [-0.3, -0.25) is 4.79 Å². The van der Waals surface area contributed by atoms with Gasteiger partial charge in [-0.15, -0.1) is 0 Å². The third-order valence-electron chi connectivity index (χ3n) is 3.50. The number of hydrogen-bond acceptors (Lipinski definition) is 3. The Labute approximate surface area is 149 Å². The van der Waals surface area contributed by atoms with Crippen LogP contribution in [0.1, 0.15) is 15.9 Å². The molecule has 25 heavy (non-hydrogen) atoms. The van der Waals surface area contributed by atoms with E-state index in [2.05, 4.69) is 15.6 Å². The zero-order valence-corrected chi connectivity index (χ0v) is 14.1. The van der Waals surface area contributed by atoms with Crippen molar-refractivity contribution in [2.24, 2.45) is 0 Å². The molecule has 0 atom stereocenters. The maximum atomic E-state index is 13.8. The van der Waals surface area contributed by atoms with Gasteiger partial charge in [0, 0.05) is 5.69 Å². The van der Waals surface area contributed by atoms with Crippen molar-refractivity contribution in [2.45, 2.75) is 6.92 Å². The number of carbonyl (C=O) groups excluding carboxylic acids is 1. The Morgan fingerprint density at radius 3 is 2.56 bits per heavy atom. The Hall–Kier alpha value is -2.92. The molecule has 0 fully saturated rings. The molecule has 126 valence electrons. The minimum Gasteiger partial charge on any atom is -0.354 e. The van der Waals surface area contributed by atoms with Crippen LogP contribution in [-0.4, -0.2) is 10.9 Å². The van der Waals surface area contributed by atoms with Gasteiger partial charge in [-0.1, -0.05) is 29.8 Å². The largest absolute Gasteiger partial charge is 0.354 e. The Morgan fingerprint density at radius 2 is 1.88 bits per heavy atom. The van der Waals surface area contributed by atoms with Gasteiger partial charge in [0.2, 0.25) is 0 Å². The summed E-state index contributed by atoms with van der Waals surface area (Å²) in [6.07, 6.45) is 1.58. The normalized spacial score (nSPS) is 10.4. The first kappa shape index (κ1) is 16.9. The van der Waals surface area contributed by atoms with E-state index in [1.807, 2.05) is 31.2 Å². The fourth-order valence-electron chi connectivity index (χ4n) is 2.32. The lowest BCUT2D eigenvalue weighted by Crippen LogP contribution is -2.15. The van der Waals surface area contributed by atoms with Crippen molar-refractivity contribution >= 4 is 34.7 Å². The van der Waals surface area contributed by atoms with Crippen LogP contribution >= 0.6 is 11.6 Å². The van der Waals surface area contributed by atoms with Crippen molar-refractivity contribution in [3.8, 4) is 0 Å². The van der Waals surface area contributed by atoms with Crippen molar-refractivity contribution in [1.29, 1.82) is 0 Å². The number of aryl methyl sites for hydroxylation is 1. The van der Waals surface area contributed by atoms with Crippen LogP contribution in [0.15, 0.2) is 60.8 Å². The molecule has 0 bridgehead atoms. The molecule has 2 aromatic carbocycles. The van der Waals surface area contributed by atoms with Crippen LogP contribution in [-0.2, 0) is 0 Å². The summed E-state index contributed by atoms with van der Waals surface area (Å²) < 4.78 is 13.8. The van der Waals surface area contributed by atoms with E-state index < -0.39 is 11.7 Å². The number of anilines is 3. The summed E-state index contributed by atoms with van der Waals surface area (Å²) in [4.78, 5) is 16.3. The third-order valence-corrected chi connectivity index (χ3v) is 3.82. The Morgan fingerprint density at radius 1 is 1.08 bits per heavy atom. The Bertz CT molecular complexity index is 893. The second kappa shape index (κ2) is 7.32. The third kappa shape index (κ3) is 4.14. The monoisotopic (exact) mass is 355 g/mol. The molecule has 0 spiro atoms. The van der Waals surface area contributed by atoms with Crippen LogP contribution in [0.3, 0.4) is 0 Å². The number of rotatable bonds is 4. The predicted molar refractivity (Wildman–Crippen MR) is 98.1 cm³/mol. The minimum atomic E-state index is -0.678. The van der Waals surface area contributed by atoms with E-state index >= 15 is 0 Å². The summed E-state index contributed by atoms with van der Waals surface area (Å²) in [5, 5.41) is 5.81. The van der Waals surface area contributed by atoms with E-state index in [0.29, 0.717) is 5.82 Å². The number of nitrogens with zero attached hydrogens (tertiary/aromatic N) is 1. The molecule has 6 heteroatoms. The quantitative estimate of drug-likeness (QED) is 0.678. The zero-order chi connectivity index (χ0) is 17.8. The number of carbonyl (C=O) groups is 1. The van der Waals surface area contributed by atoms with E-state index in [0.717, 1.165) is 16.9 Å². The standard InChI is InChI=1S/C19H15ClFN3O/c1-12-4-2-5-13(10-12)23-14-8-9-17(22-11-14)24-19(25)18-15(20)6-3-7-16(18)21/h2-11,23H,1H3,(H,22,24,25). The first-order valence-electron chi connectivity index (χ1n) is 7.58. The van der Waals surface area contributed by atoms with E-state index in [1.165, 1.54) is 18.2 Å². The topological polar surface area (TPSA) is 54.0 Å². The fraction of sp³-hybridized carbons (Fsp3) is 0.0526. The van der Waals surface area contributed by atoms with Gasteiger partial charge in [0.25, 0.3) is 5.91 Å². The summed E-state index contributed by atoms with van der Waals surface area (Å²) in [6.45, 7) is 2.01. The number of halogens is 2. The lowest BCUT2D eigenvalue weighted by Gasteiger charge is -2.09. The molecule has 0 saturated carbocycles. The van der Waals surface area contributed by atoms with Gasteiger partial charge in [0.1, 0.15) is 11.6 Å². The predicted octanol–water partition coefficient (Wildman–Crippen LogP) is 5.18. The molecule has 3 rings (SSSR count). The number of hydrogen-bond donors (Lipinski definition) is 2. The minimum absolute atomic E-state index is 0.0511. The SMILES string of the molecule is Cc1cccc(Nc2ccc(NC(=O)c3c(F)cccc3Cl)nc2)c1. The van der Waals surface area contributed by atoms with Crippen molar-refractivity contribution in [1.82, 2.24) is 4.98 Å². The zero-order valence-electron chi connectivity index (χ0n) is 13.4. The molecule has 3 aromatic rings. The lowest BCUT2D eigenvalue weighted by molar-refractivity contribution is 0.102. The van der Waals surface area contributed by atoms with Crippen LogP contribution < -0.4 is 10.6 Å². The van der Waals surface area contributed by atoms with E-state index in [-0.39, 0.29) is 10.6 Å². The molecule has 0 saturated heterocycles. The van der Waals surface area contributed by atoms with Gasteiger partial charge in [0.05, 0.1) is 22.5 Å². The maximum absolute atomic E-state index is 13.8. The second-order valence-electron chi connectivity index (χ2n) is 5.48. The molecule has 1 heterocycles. The van der Waals surface area contributed by atoms with Crippen LogP contribution in [0.4, 0.5) is 21.6 Å². The maximum Gasteiger partial charge on any atom is 0.261 e. The number of amides is 1. The molecule has 0 aliphatic heterocycles. The van der Waals surface area contributed by atoms with E-state index in [1.54, 1.807) is 18.3 Å². The van der Waals surface area contributed by atoms with Crippen molar-refractivity contribution in [2.75, 3.05) is 10.6 Å². The lowest BCUT2D eigenvalue weighted by atomic mass is 10.2. The van der Waals surface area contributed by atoms with Crippen LogP contribution in [0.25, 0.3) is 0 Å². The van der Waals surface area contributed by atoms with Gasteiger partial charge in [-0.25, -0.2) is 9.37 Å². The number of aromatic nitrogens is 1. The molecule has 0 aliphatic rings. The highest BCUT2D eigenvalue weighted by atomic mass is 35.5. The fourth-order valence-corrected chi connectivity index (χ4v) is 2.57. The highest BCUT2D eigenvalue weighted by Gasteiger charge is 2.16. The summed E-state index contributed by atoms with van der Waals surface area (Å²) in [5.41, 5.74) is 2.65. The van der Waals surface area contributed by atoms with Gasteiger partial charge in [0.15, 0.2) is 0 Å².